The molecule has 1 saturated carbocycles. The van der Waals surface area contributed by atoms with Crippen LogP contribution in [-0.4, -0.2) is 13.7 Å². The normalized spacial score (nSPS) is 24.3. The fraction of sp³-hybridized carbons (Fsp3) is 0.571. The van der Waals surface area contributed by atoms with Gasteiger partial charge in [0.15, 0.2) is 9.84 Å². The summed E-state index contributed by atoms with van der Waals surface area (Å²) in [7, 11) is -3.21. The molecule has 1 aliphatic carbocycles. The monoisotopic (exact) mass is 285 g/mol. The van der Waals surface area contributed by atoms with Crippen LogP contribution in [0.5, 0.6) is 0 Å². The lowest BCUT2D eigenvalue weighted by Crippen LogP contribution is -2.28. The molecule has 3 nitrogen and oxygen atoms in total. The van der Waals surface area contributed by atoms with E-state index in [0.29, 0.717) is 11.5 Å². The summed E-state index contributed by atoms with van der Waals surface area (Å²) in [4.78, 5) is 0. The van der Waals surface area contributed by atoms with Crippen molar-refractivity contribution in [2.75, 3.05) is 5.73 Å². The summed E-state index contributed by atoms with van der Waals surface area (Å²) in [6.45, 7) is 2.09. The second kappa shape index (κ2) is 5.49. The van der Waals surface area contributed by atoms with Gasteiger partial charge in [-0.2, -0.15) is 0 Å². The summed E-state index contributed by atoms with van der Waals surface area (Å²) >= 11 is 0. The zero-order chi connectivity index (χ0) is 14.0. The Bertz CT molecular complexity index is 557. The molecule has 0 amide bonds. The second-order valence-electron chi connectivity index (χ2n) is 5.54. The van der Waals surface area contributed by atoms with E-state index in [1.165, 1.54) is 18.2 Å². The van der Waals surface area contributed by atoms with Crippen LogP contribution in [0.15, 0.2) is 18.2 Å². The predicted molar refractivity (Wildman–Crippen MR) is 74.9 cm³/mol. The number of halogens is 1. The first-order valence-electron chi connectivity index (χ1n) is 6.64. The summed E-state index contributed by atoms with van der Waals surface area (Å²) < 4.78 is 37.7. The lowest BCUT2D eigenvalue weighted by atomic mass is 9.91. The number of anilines is 1. The highest BCUT2D eigenvalue weighted by molar-refractivity contribution is 7.91. The molecule has 1 aromatic rings. The minimum atomic E-state index is -3.21. The Labute approximate surface area is 113 Å². The molecule has 2 rings (SSSR count). The van der Waals surface area contributed by atoms with Gasteiger partial charge in [-0.25, -0.2) is 12.8 Å². The summed E-state index contributed by atoms with van der Waals surface area (Å²) in [5.74, 6) is -0.0692. The molecule has 0 heterocycles. The van der Waals surface area contributed by atoms with Gasteiger partial charge < -0.3 is 5.73 Å². The van der Waals surface area contributed by atoms with Crippen molar-refractivity contribution in [3.63, 3.8) is 0 Å². The van der Waals surface area contributed by atoms with E-state index in [1.54, 1.807) is 0 Å². The van der Waals surface area contributed by atoms with Crippen molar-refractivity contribution in [1.29, 1.82) is 0 Å². The molecule has 0 bridgehead atoms. The molecule has 1 aliphatic rings. The Hall–Kier alpha value is -1.10. The van der Waals surface area contributed by atoms with Gasteiger partial charge in [0.05, 0.1) is 11.0 Å². The van der Waals surface area contributed by atoms with Gasteiger partial charge in [-0.1, -0.05) is 25.8 Å². The predicted octanol–water partition coefficient (Wildman–Crippen LogP) is 2.90. The van der Waals surface area contributed by atoms with Crippen LogP contribution in [0.25, 0.3) is 0 Å². The highest BCUT2D eigenvalue weighted by atomic mass is 32.2. The van der Waals surface area contributed by atoms with Gasteiger partial charge in [0, 0.05) is 5.69 Å². The fourth-order valence-electron chi connectivity index (χ4n) is 2.74. The molecule has 0 spiro atoms. The molecule has 1 fully saturated rings. The number of rotatable bonds is 3. The average Bonchev–Trinajstić information content (AvgIpc) is 2.33. The summed E-state index contributed by atoms with van der Waals surface area (Å²) in [5, 5.41) is -0.277. The first-order valence-corrected chi connectivity index (χ1v) is 8.35. The molecule has 0 saturated heterocycles. The van der Waals surface area contributed by atoms with Gasteiger partial charge in [-0.3, -0.25) is 0 Å². The van der Waals surface area contributed by atoms with Crippen molar-refractivity contribution < 1.29 is 12.8 Å². The van der Waals surface area contributed by atoms with Gasteiger partial charge in [0.2, 0.25) is 0 Å². The number of hydrogen-bond donors (Lipinski definition) is 1. The van der Waals surface area contributed by atoms with Crippen molar-refractivity contribution in [1.82, 2.24) is 0 Å². The van der Waals surface area contributed by atoms with E-state index in [1.807, 2.05) is 0 Å². The van der Waals surface area contributed by atoms with E-state index in [-0.39, 0.29) is 16.7 Å². The summed E-state index contributed by atoms with van der Waals surface area (Å²) in [6, 6.07) is 3.90. The Morgan fingerprint density at radius 2 is 2.11 bits per heavy atom. The Balaban J connectivity index is 2.16. The third-order valence-corrected chi connectivity index (χ3v) is 6.02. The molecular formula is C14H20FNO2S. The minimum Gasteiger partial charge on any atom is -0.398 e. The molecule has 2 N–H and O–H groups in total. The largest absolute Gasteiger partial charge is 0.398 e. The van der Waals surface area contributed by atoms with E-state index in [2.05, 4.69) is 6.92 Å². The highest BCUT2D eigenvalue weighted by Crippen LogP contribution is 2.30. The molecule has 106 valence electrons. The van der Waals surface area contributed by atoms with E-state index < -0.39 is 15.7 Å². The van der Waals surface area contributed by atoms with Gasteiger partial charge in [0.25, 0.3) is 0 Å². The van der Waals surface area contributed by atoms with E-state index in [9.17, 15) is 12.8 Å². The van der Waals surface area contributed by atoms with Gasteiger partial charge in [-0.05, 0) is 36.5 Å². The maximum Gasteiger partial charge on any atom is 0.157 e. The number of hydrogen-bond acceptors (Lipinski definition) is 3. The molecule has 5 heteroatoms. The third kappa shape index (κ3) is 3.47. The van der Waals surface area contributed by atoms with E-state index in [0.717, 1.165) is 25.7 Å². The van der Waals surface area contributed by atoms with Crippen molar-refractivity contribution in [3.05, 3.63) is 29.6 Å². The molecular weight excluding hydrogens is 265 g/mol. The zero-order valence-electron chi connectivity index (χ0n) is 11.1. The number of benzene rings is 1. The summed E-state index contributed by atoms with van der Waals surface area (Å²) in [6.07, 6.45) is 3.52. The molecule has 0 aromatic heterocycles. The Morgan fingerprint density at radius 3 is 2.74 bits per heavy atom. The van der Waals surface area contributed by atoms with Crippen molar-refractivity contribution >= 4 is 15.5 Å². The lowest BCUT2D eigenvalue weighted by Gasteiger charge is -2.26. The Morgan fingerprint density at radius 1 is 1.37 bits per heavy atom. The molecule has 2 atom stereocenters. The number of sulfone groups is 1. The smallest absolute Gasteiger partial charge is 0.157 e. The summed E-state index contributed by atoms with van der Waals surface area (Å²) in [5.41, 5.74) is 6.40. The molecule has 2 unspecified atom stereocenters. The fourth-order valence-corrected chi connectivity index (χ4v) is 4.82. The van der Waals surface area contributed by atoms with Gasteiger partial charge in [0.1, 0.15) is 5.82 Å². The maximum atomic E-state index is 13.0. The van der Waals surface area contributed by atoms with E-state index >= 15 is 0 Å². The second-order valence-corrected chi connectivity index (χ2v) is 7.83. The van der Waals surface area contributed by atoms with Crippen molar-refractivity contribution in [3.8, 4) is 0 Å². The first-order chi connectivity index (χ1) is 8.88. The van der Waals surface area contributed by atoms with Crippen LogP contribution in [-0.2, 0) is 15.6 Å². The van der Waals surface area contributed by atoms with Gasteiger partial charge >= 0.3 is 0 Å². The maximum absolute atomic E-state index is 13.0. The Kier molecular flexibility index (Phi) is 4.13. The van der Waals surface area contributed by atoms with Crippen LogP contribution in [0.1, 0.15) is 38.2 Å². The van der Waals surface area contributed by atoms with Crippen LogP contribution in [0.2, 0.25) is 0 Å². The van der Waals surface area contributed by atoms with Crippen LogP contribution < -0.4 is 5.73 Å². The first kappa shape index (κ1) is 14.3. The lowest BCUT2D eigenvalue weighted by molar-refractivity contribution is 0.382. The zero-order valence-corrected chi connectivity index (χ0v) is 11.9. The van der Waals surface area contributed by atoms with Crippen molar-refractivity contribution in [2.45, 2.75) is 43.6 Å². The molecule has 0 aliphatic heterocycles. The molecule has 0 radical (unpaired) electrons. The minimum absolute atomic E-state index is 0.0868. The van der Waals surface area contributed by atoms with Crippen LogP contribution in [0.3, 0.4) is 0 Å². The quantitative estimate of drug-likeness (QED) is 0.869. The van der Waals surface area contributed by atoms with E-state index in [4.69, 9.17) is 5.73 Å². The van der Waals surface area contributed by atoms with Crippen LogP contribution in [0, 0.1) is 11.7 Å². The van der Waals surface area contributed by atoms with Crippen LogP contribution in [0.4, 0.5) is 10.1 Å². The highest BCUT2D eigenvalue weighted by Gasteiger charge is 2.30. The molecule has 19 heavy (non-hydrogen) atoms. The SMILES string of the molecule is CC1CCCC(S(=O)(=O)Cc2ccc(F)cc2N)C1. The van der Waals surface area contributed by atoms with Crippen molar-refractivity contribution in [2.24, 2.45) is 5.92 Å². The topological polar surface area (TPSA) is 60.2 Å². The van der Waals surface area contributed by atoms with Crippen LogP contribution >= 0.6 is 0 Å². The standard InChI is InChI=1S/C14H20FNO2S/c1-10-3-2-4-13(7-10)19(17,18)9-11-5-6-12(15)8-14(11)16/h5-6,8,10,13H,2-4,7,9,16H2,1H3. The number of nitrogen functional groups attached to an aromatic ring is 1. The number of nitrogens with two attached hydrogens (primary N) is 1. The molecule has 1 aromatic carbocycles. The average molecular weight is 285 g/mol. The van der Waals surface area contributed by atoms with Gasteiger partial charge in [-0.15, -0.1) is 0 Å². The third-order valence-electron chi connectivity index (χ3n) is 3.86.